The van der Waals surface area contributed by atoms with Crippen molar-refractivity contribution in [2.45, 2.75) is 44.0 Å². The lowest BCUT2D eigenvalue weighted by Crippen LogP contribution is -2.29. The molecule has 7 nitrogen and oxygen atoms in total. The van der Waals surface area contributed by atoms with Gasteiger partial charge in [0.05, 0.1) is 21.9 Å². The highest BCUT2D eigenvalue weighted by Gasteiger charge is 2.35. The molecule has 1 aromatic heterocycles. The van der Waals surface area contributed by atoms with Crippen molar-refractivity contribution < 1.29 is 22.5 Å². The molecule has 0 unspecified atom stereocenters. The lowest BCUT2D eigenvalue weighted by molar-refractivity contribution is -0.137. The Balaban J connectivity index is 2.31. The molecular weight excluding hydrogens is 395 g/mol. The summed E-state index contributed by atoms with van der Waals surface area (Å²) in [4.78, 5) is 7.95. The van der Waals surface area contributed by atoms with E-state index < -0.39 is 39.4 Å². The van der Waals surface area contributed by atoms with Crippen LogP contribution in [0.4, 0.5) is 30.6 Å². The first-order valence-electron chi connectivity index (χ1n) is 8.46. The number of rotatable bonds is 7. The van der Waals surface area contributed by atoms with Gasteiger partial charge in [-0.05, 0) is 38.1 Å². The Hall–Kier alpha value is -2.40. The van der Waals surface area contributed by atoms with Gasteiger partial charge in [0.1, 0.15) is 11.4 Å². The van der Waals surface area contributed by atoms with Gasteiger partial charge < -0.3 is 15.7 Å². The van der Waals surface area contributed by atoms with Crippen LogP contribution in [0.1, 0.15) is 26.3 Å². The Labute approximate surface area is 161 Å². The number of anilines is 3. The summed E-state index contributed by atoms with van der Waals surface area (Å²) in [5.41, 5.74) is -0.581. The maximum atomic E-state index is 13.2. The molecule has 0 radical (unpaired) electrons. The Bertz CT molecular complexity index is 915. The molecule has 154 valence electrons. The molecule has 3 atom stereocenters. The van der Waals surface area contributed by atoms with Gasteiger partial charge in [0.25, 0.3) is 0 Å². The average Bonchev–Trinajstić information content (AvgIpc) is 2.61. The van der Waals surface area contributed by atoms with Crippen molar-refractivity contribution in [3.8, 4) is 0 Å². The van der Waals surface area contributed by atoms with E-state index in [9.17, 15) is 22.5 Å². The van der Waals surface area contributed by atoms with E-state index in [0.717, 1.165) is 0 Å². The fourth-order valence-electron chi connectivity index (χ4n) is 2.15. The number of halogens is 3. The van der Waals surface area contributed by atoms with E-state index in [0.29, 0.717) is 16.8 Å². The first-order valence-corrected chi connectivity index (χ1v) is 10.2. The van der Waals surface area contributed by atoms with Crippen LogP contribution >= 0.6 is 0 Å². The zero-order valence-corrected chi connectivity index (χ0v) is 16.4. The summed E-state index contributed by atoms with van der Waals surface area (Å²) in [6, 6.07) is 5.46. The van der Waals surface area contributed by atoms with E-state index in [-0.39, 0.29) is 11.7 Å². The molecule has 28 heavy (non-hydrogen) atoms. The fourth-order valence-corrected chi connectivity index (χ4v) is 3.06. The molecule has 2 aromatic rings. The monoisotopic (exact) mass is 417 g/mol. The number of hydrogen-bond acceptors (Lipinski definition) is 7. The van der Waals surface area contributed by atoms with E-state index in [4.69, 9.17) is 4.78 Å². The molecular formula is C17H22F3N5O2S. The summed E-state index contributed by atoms with van der Waals surface area (Å²) < 4.78 is 59.4. The van der Waals surface area contributed by atoms with Gasteiger partial charge in [-0.2, -0.15) is 18.2 Å². The Kier molecular flexibility index (Phi) is 6.50. The third-order valence-electron chi connectivity index (χ3n) is 4.08. The highest BCUT2D eigenvalue weighted by molar-refractivity contribution is 7.92. The summed E-state index contributed by atoms with van der Waals surface area (Å²) in [5, 5.41) is 14.9. The van der Waals surface area contributed by atoms with Crippen LogP contribution in [-0.4, -0.2) is 37.2 Å². The van der Waals surface area contributed by atoms with Crippen LogP contribution in [0.3, 0.4) is 0 Å². The van der Waals surface area contributed by atoms with Gasteiger partial charge in [-0.25, -0.2) is 14.0 Å². The Morgan fingerprint density at radius 3 is 2.36 bits per heavy atom. The minimum Gasteiger partial charge on any atom is -0.391 e. The summed E-state index contributed by atoms with van der Waals surface area (Å²) >= 11 is 0. The average molecular weight is 417 g/mol. The molecule has 0 amide bonds. The minimum atomic E-state index is -4.66. The van der Waals surface area contributed by atoms with E-state index in [2.05, 4.69) is 20.6 Å². The number of hydrogen-bond donors (Lipinski definition) is 4. The largest absolute Gasteiger partial charge is 0.421 e. The normalized spacial score (nSPS) is 16.1. The first-order chi connectivity index (χ1) is 12.9. The lowest BCUT2D eigenvalue weighted by atomic mass is 10.2. The third-order valence-corrected chi connectivity index (χ3v) is 5.93. The molecule has 0 saturated carbocycles. The molecule has 0 aliphatic heterocycles. The zero-order valence-electron chi connectivity index (χ0n) is 15.5. The van der Waals surface area contributed by atoms with Crippen molar-refractivity contribution in [3.63, 3.8) is 0 Å². The van der Waals surface area contributed by atoms with Crippen LogP contribution in [0, 0.1) is 4.78 Å². The SMILES string of the molecule is CC[S@](=N)(=O)c1ccc(Nc2ncc(C(F)(F)F)c(N[C@H](C)[C@@H](C)O)n2)cc1. The molecule has 2 rings (SSSR count). The standard InChI is InChI=1S/C17H22F3N5O2S/c1-4-28(21,27)13-7-5-12(6-8-13)24-16-22-9-14(17(18,19)20)15(25-16)23-10(2)11(3)26/h5-11,21,26H,4H2,1-3H3,(H2,22,23,24,25)/t10-,11-,28+/m1/s1. The molecule has 4 N–H and O–H groups in total. The number of nitrogens with one attached hydrogen (secondary N) is 3. The number of benzene rings is 1. The quantitative estimate of drug-likeness (QED) is 0.545. The molecule has 0 fully saturated rings. The molecule has 11 heteroatoms. The minimum absolute atomic E-state index is 0.0804. The highest BCUT2D eigenvalue weighted by atomic mass is 32.2. The van der Waals surface area contributed by atoms with Gasteiger partial charge in [-0.1, -0.05) is 6.92 Å². The van der Waals surface area contributed by atoms with Crippen LogP contribution in [0.15, 0.2) is 35.4 Å². The molecule has 0 spiro atoms. The summed E-state index contributed by atoms with van der Waals surface area (Å²) in [6.07, 6.45) is -4.89. The number of alkyl halides is 3. The Morgan fingerprint density at radius 1 is 1.25 bits per heavy atom. The summed E-state index contributed by atoms with van der Waals surface area (Å²) in [5.74, 6) is -0.350. The molecule has 0 aliphatic carbocycles. The smallest absolute Gasteiger partial charge is 0.391 e. The van der Waals surface area contributed by atoms with E-state index in [1.54, 1.807) is 19.1 Å². The van der Waals surface area contributed by atoms with Crippen molar-refractivity contribution in [2.75, 3.05) is 16.4 Å². The van der Waals surface area contributed by atoms with Crippen LogP contribution in [0.2, 0.25) is 0 Å². The van der Waals surface area contributed by atoms with Gasteiger partial charge >= 0.3 is 6.18 Å². The third kappa shape index (κ3) is 5.32. The summed E-state index contributed by atoms with van der Waals surface area (Å²) in [7, 11) is -2.86. The zero-order chi connectivity index (χ0) is 21.1. The van der Waals surface area contributed by atoms with Crippen molar-refractivity contribution in [1.29, 1.82) is 4.78 Å². The molecule has 0 bridgehead atoms. The second-order valence-corrected chi connectivity index (χ2v) is 8.64. The second kappa shape index (κ2) is 8.31. The van der Waals surface area contributed by atoms with Crippen LogP contribution < -0.4 is 10.6 Å². The Morgan fingerprint density at radius 2 is 1.86 bits per heavy atom. The van der Waals surface area contributed by atoms with Crippen molar-refractivity contribution >= 4 is 27.2 Å². The topological polar surface area (TPSA) is 111 Å². The van der Waals surface area contributed by atoms with E-state index >= 15 is 0 Å². The van der Waals surface area contributed by atoms with Crippen molar-refractivity contribution in [3.05, 3.63) is 36.0 Å². The van der Waals surface area contributed by atoms with Crippen LogP contribution in [0.5, 0.6) is 0 Å². The molecule has 1 aromatic carbocycles. The number of nitrogens with zero attached hydrogens (tertiary/aromatic N) is 2. The number of aromatic nitrogens is 2. The van der Waals surface area contributed by atoms with Crippen molar-refractivity contribution in [1.82, 2.24) is 9.97 Å². The molecule has 1 heterocycles. The molecule has 0 aliphatic rings. The maximum absolute atomic E-state index is 13.2. The maximum Gasteiger partial charge on any atom is 0.421 e. The first kappa shape index (κ1) is 21.9. The predicted molar refractivity (Wildman–Crippen MR) is 101 cm³/mol. The lowest BCUT2D eigenvalue weighted by Gasteiger charge is -2.20. The number of aliphatic hydroxyl groups excluding tert-OH is 1. The van der Waals surface area contributed by atoms with Crippen LogP contribution in [0.25, 0.3) is 0 Å². The van der Waals surface area contributed by atoms with Gasteiger partial charge in [-0.15, -0.1) is 0 Å². The summed E-state index contributed by atoms with van der Waals surface area (Å²) in [6.45, 7) is 4.64. The predicted octanol–water partition coefficient (Wildman–Crippen LogP) is 3.85. The van der Waals surface area contributed by atoms with Gasteiger partial charge in [0.15, 0.2) is 0 Å². The second-order valence-electron chi connectivity index (χ2n) is 6.24. The van der Waals surface area contributed by atoms with Gasteiger partial charge in [-0.3, -0.25) is 0 Å². The molecule has 0 saturated heterocycles. The number of aliphatic hydroxyl groups is 1. The van der Waals surface area contributed by atoms with Crippen LogP contribution in [-0.2, 0) is 15.9 Å². The van der Waals surface area contributed by atoms with Gasteiger partial charge in [0, 0.05) is 22.5 Å². The highest BCUT2D eigenvalue weighted by Crippen LogP contribution is 2.34. The van der Waals surface area contributed by atoms with Gasteiger partial charge in [0.2, 0.25) is 5.95 Å². The van der Waals surface area contributed by atoms with Crippen molar-refractivity contribution in [2.24, 2.45) is 0 Å². The van der Waals surface area contributed by atoms with E-state index in [1.165, 1.54) is 26.0 Å². The fraction of sp³-hybridized carbons (Fsp3) is 0.412. The van der Waals surface area contributed by atoms with E-state index in [1.807, 2.05) is 0 Å².